The van der Waals surface area contributed by atoms with Gasteiger partial charge in [-0.15, -0.1) is 0 Å². The van der Waals surface area contributed by atoms with Crippen LogP contribution in [0, 0.1) is 0 Å². The molecule has 0 aromatic rings. The van der Waals surface area contributed by atoms with E-state index in [0.717, 1.165) is 116 Å². The predicted molar refractivity (Wildman–Crippen MR) is 321 cm³/mol. The maximum absolute atomic E-state index is 12.5. The first-order chi connectivity index (χ1) is 35.7. The lowest BCUT2D eigenvalue weighted by Crippen LogP contribution is -2.45. The van der Waals surface area contributed by atoms with Gasteiger partial charge in [0.25, 0.3) is 0 Å². The average Bonchev–Trinajstić information content (AvgIpc) is 3.39. The molecule has 0 aromatic carbocycles. The molecule has 2 atom stereocenters. The molecule has 3 N–H and O–H groups in total. The van der Waals surface area contributed by atoms with Gasteiger partial charge < -0.3 is 15.5 Å². The number of unbranched alkanes of at least 4 members (excludes halogenated alkanes) is 21. The normalized spacial score (nSPS) is 14.0. The van der Waals surface area contributed by atoms with Crippen LogP contribution in [0.5, 0.6) is 0 Å². The van der Waals surface area contributed by atoms with E-state index in [9.17, 15) is 15.0 Å². The number of carbonyl (C=O) groups is 1. The third-order valence-corrected chi connectivity index (χ3v) is 12.5. The molecule has 0 aromatic heterocycles. The summed E-state index contributed by atoms with van der Waals surface area (Å²) >= 11 is 0. The molecule has 0 heterocycles. The van der Waals surface area contributed by atoms with Gasteiger partial charge in [0, 0.05) is 6.42 Å². The van der Waals surface area contributed by atoms with E-state index >= 15 is 0 Å². The standard InChI is InChI=1S/C68H111NO3/c1-3-5-7-9-11-13-15-17-19-21-23-25-27-28-29-30-31-32-33-34-35-36-37-38-39-40-42-44-46-48-50-52-54-56-58-60-62-64-68(72)69-66(65-70)67(71)63-61-59-57-55-53-51-49-47-45-43-41-26-24-22-20-18-16-14-12-10-8-6-4-2/h5,7,11,13,17,19,23,25,28-29,31-32,34-35,37-38,40,42,46,48,52-55,61,63,66-67,70-71H,3-4,6,8-10,12,14-16,18,20-22,24,26-27,30,33,36,39,41,43-45,47,49-51,56-60,62,64-65H2,1-2H3,(H,69,72)/b7-5-,13-11-,19-17-,25-23-,29-28-,32-31-,35-34-,38-37-,42-40-,48-46-,54-52-,55-53+,63-61+. The Morgan fingerprint density at radius 2 is 0.625 bits per heavy atom. The second-order valence-corrected chi connectivity index (χ2v) is 19.3. The highest BCUT2D eigenvalue weighted by Crippen LogP contribution is 2.15. The molecule has 0 radical (unpaired) electrons. The summed E-state index contributed by atoms with van der Waals surface area (Å²) in [5.74, 6) is -0.111. The molecule has 0 aliphatic carbocycles. The van der Waals surface area contributed by atoms with Gasteiger partial charge in [0.2, 0.25) is 5.91 Å². The van der Waals surface area contributed by atoms with Gasteiger partial charge in [0.1, 0.15) is 0 Å². The molecule has 0 spiro atoms. The van der Waals surface area contributed by atoms with Gasteiger partial charge in [-0.1, -0.05) is 281 Å². The summed E-state index contributed by atoms with van der Waals surface area (Å²) in [5.41, 5.74) is 0. The number of amides is 1. The van der Waals surface area contributed by atoms with Crippen molar-refractivity contribution in [2.45, 2.75) is 257 Å². The van der Waals surface area contributed by atoms with Crippen LogP contribution in [0.3, 0.4) is 0 Å². The van der Waals surface area contributed by atoms with E-state index in [0.29, 0.717) is 6.42 Å². The van der Waals surface area contributed by atoms with E-state index < -0.39 is 12.1 Å². The van der Waals surface area contributed by atoms with Crippen LogP contribution in [0.4, 0.5) is 0 Å². The SMILES string of the molecule is CC/C=C\C/C=C\C/C=C\C/C=C\C/C=C\C/C=C\C/C=C\C/C=C\C/C=C\C/C=C\C/C=C\CCCCCC(=O)NC(CO)C(O)/C=C/CC/C=C/CCCCCCCCCCCCCCCCCCC. The molecule has 0 fully saturated rings. The van der Waals surface area contributed by atoms with Crippen molar-refractivity contribution in [1.82, 2.24) is 5.32 Å². The van der Waals surface area contributed by atoms with E-state index in [1.807, 2.05) is 6.08 Å². The fourth-order valence-corrected chi connectivity index (χ4v) is 8.02. The summed E-state index contributed by atoms with van der Waals surface area (Å²) in [5, 5.41) is 23.1. The van der Waals surface area contributed by atoms with E-state index in [-0.39, 0.29) is 12.5 Å². The highest BCUT2D eigenvalue weighted by atomic mass is 16.3. The summed E-state index contributed by atoms with van der Waals surface area (Å²) in [4.78, 5) is 12.5. The summed E-state index contributed by atoms with van der Waals surface area (Å²) < 4.78 is 0. The zero-order valence-corrected chi connectivity index (χ0v) is 46.6. The molecule has 0 aliphatic rings. The van der Waals surface area contributed by atoms with Crippen molar-refractivity contribution in [2.24, 2.45) is 0 Å². The molecule has 0 bridgehead atoms. The lowest BCUT2D eigenvalue weighted by atomic mass is 10.0. The van der Waals surface area contributed by atoms with E-state index in [2.05, 4.69) is 165 Å². The summed E-state index contributed by atoms with van der Waals surface area (Å²) in [6.45, 7) is 4.17. The smallest absolute Gasteiger partial charge is 0.220 e. The fourth-order valence-electron chi connectivity index (χ4n) is 8.02. The minimum Gasteiger partial charge on any atom is -0.394 e. The first-order valence-corrected chi connectivity index (χ1v) is 29.7. The lowest BCUT2D eigenvalue weighted by Gasteiger charge is -2.19. The Hall–Kier alpha value is -3.99. The number of hydrogen-bond donors (Lipinski definition) is 3. The summed E-state index contributed by atoms with van der Waals surface area (Å²) in [6.07, 6.45) is 98.3. The number of rotatable bonds is 52. The number of hydrogen-bond acceptors (Lipinski definition) is 3. The zero-order chi connectivity index (χ0) is 52.0. The highest BCUT2D eigenvalue weighted by Gasteiger charge is 2.17. The van der Waals surface area contributed by atoms with Crippen LogP contribution in [-0.4, -0.2) is 34.9 Å². The average molecular weight is 991 g/mol. The molecule has 0 aliphatic heterocycles. The molecule has 4 nitrogen and oxygen atoms in total. The first kappa shape index (κ1) is 68.0. The van der Waals surface area contributed by atoms with Crippen molar-refractivity contribution < 1.29 is 15.0 Å². The third kappa shape index (κ3) is 56.9. The van der Waals surface area contributed by atoms with Crippen molar-refractivity contribution in [2.75, 3.05) is 6.61 Å². The Labute approximate surface area is 446 Å². The number of carbonyl (C=O) groups excluding carboxylic acids is 1. The molecule has 2 unspecified atom stereocenters. The first-order valence-electron chi connectivity index (χ1n) is 29.7. The number of aliphatic hydroxyl groups excluding tert-OH is 2. The maximum atomic E-state index is 12.5. The van der Waals surface area contributed by atoms with Crippen molar-refractivity contribution in [3.63, 3.8) is 0 Å². The van der Waals surface area contributed by atoms with Crippen LogP contribution in [-0.2, 0) is 4.79 Å². The van der Waals surface area contributed by atoms with Crippen molar-refractivity contribution in [3.05, 3.63) is 158 Å². The Kier molecular flexibility index (Phi) is 57.9. The minimum absolute atomic E-state index is 0.111. The monoisotopic (exact) mass is 990 g/mol. The van der Waals surface area contributed by atoms with Crippen molar-refractivity contribution >= 4 is 5.91 Å². The summed E-state index contributed by atoms with van der Waals surface area (Å²) in [7, 11) is 0. The number of nitrogens with one attached hydrogen (secondary N) is 1. The van der Waals surface area contributed by atoms with Crippen molar-refractivity contribution in [1.29, 1.82) is 0 Å². The molecular weight excluding hydrogens is 879 g/mol. The Balaban J connectivity index is 3.73. The lowest BCUT2D eigenvalue weighted by molar-refractivity contribution is -0.123. The van der Waals surface area contributed by atoms with Gasteiger partial charge >= 0.3 is 0 Å². The third-order valence-electron chi connectivity index (χ3n) is 12.5. The van der Waals surface area contributed by atoms with Gasteiger partial charge in [0.15, 0.2) is 0 Å². The molecule has 0 saturated heterocycles. The van der Waals surface area contributed by atoms with Crippen LogP contribution in [0.25, 0.3) is 0 Å². The second-order valence-electron chi connectivity index (χ2n) is 19.3. The van der Waals surface area contributed by atoms with Crippen LogP contribution >= 0.6 is 0 Å². The van der Waals surface area contributed by atoms with E-state index in [1.165, 1.54) is 109 Å². The minimum atomic E-state index is -0.889. The molecule has 4 heteroatoms. The molecule has 406 valence electrons. The van der Waals surface area contributed by atoms with Crippen LogP contribution < -0.4 is 5.32 Å². The fraction of sp³-hybridized carbons (Fsp3) is 0.603. The van der Waals surface area contributed by atoms with Gasteiger partial charge in [-0.05, 0) is 116 Å². The van der Waals surface area contributed by atoms with Crippen LogP contribution in [0.1, 0.15) is 245 Å². The summed E-state index contributed by atoms with van der Waals surface area (Å²) in [6, 6.07) is -0.670. The largest absolute Gasteiger partial charge is 0.394 e. The molecular formula is C68H111NO3. The van der Waals surface area contributed by atoms with E-state index in [4.69, 9.17) is 0 Å². The predicted octanol–water partition coefficient (Wildman–Crippen LogP) is 20.1. The zero-order valence-electron chi connectivity index (χ0n) is 46.6. The van der Waals surface area contributed by atoms with Gasteiger partial charge in [-0.2, -0.15) is 0 Å². The topological polar surface area (TPSA) is 69.6 Å². The molecule has 0 rings (SSSR count). The van der Waals surface area contributed by atoms with Gasteiger partial charge in [-0.3, -0.25) is 4.79 Å². The quantitative estimate of drug-likeness (QED) is 0.0420. The molecule has 0 saturated carbocycles. The maximum Gasteiger partial charge on any atom is 0.220 e. The Bertz CT molecular complexity index is 1540. The van der Waals surface area contributed by atoms with Crippen molar-refractivity contribution in [3.8, 4) is 0 Å². The van der Waals surface area contributed by atoms with E-state index in [1.54, 1.807) is 6.08 Å². The number of allylic oxidation sites excluding steroid dienone is 25. The number of aliphatic hydroxyl groups is 2. The molecule has 72 heavy (non-hydrogen) atoms. The Morgan fingerprint density at radius 3 is 0.972 bits per heavy atom. The Morgan fingerprint density at radius 1 is 0.347 bits per heavy atom. The van der Waals surface area contributed by atoms with Gasteiger partial charge in [-0.25, -0.2) is 0 Å². The molecule has 1 amide bonds. The highest BCUT2D eigenvalue weighted by molar-refractivity contribution is 5.76. The van der Waals surface area contributed by atoms with Crippen LogP contribution in [0.2, 0.25) is 0 Å². The van der Waals surface area contributed by atoms with Crippen LogP contribution in [0.15, 0.2) is 158 Å². The second kappa shape index (κ2) is 61.3. The van der Waals surface area contributed by atoms with Gasteiger partial charge in [0.05, 0.1) is 18.8 Å².